The van der Waals surface area contributed by atoms with Gasteiger partial charge in [0, 0.05) is 17.2 Å². The van der Waals surface area contributed by atoms with E-state index in [0.717, 1.165) is 16.3 Å². The summed E-state index contributed by atoms with van der Waals surface area (Å²) in [5, 5.41) is 18.2. The van der Waals surface area contributed by atoms with E-state index in [-0.39, 0.29) is 6.42 Å². The number of carbonyl (C=O) groups is 1. The van der Waals surface area contributed by atoms with Crippen LogP contribution in [-0.4, -0.2) is 21.3 Å². The number of benzene rings is 1. The van der Waals surface area contributed by atoms with Crippen LogP contribution in [0.3, 0.4) is 0 Å². The lowest BCUT2D eigenvalue weighted by molar-refractivity contribution is -0.136. The SMILES string of the molecule is O=C(O)CCc1cccc2cnncc12. The number of carboxylic acids is 1. The molecule has 2 aromatic rings. The number of rotatable bonds is 3. The fraction of sp³-hybridized carbons (Fsp3) is 0.182. The van der Waals surface area contributed by atoms with Crippen molar-refractivity contribution in [3.05, 3.63) is 36.2 Å². The summed E-state index contributed by atoms with van der Waals surface area (Å²) in [6.45, 7) is 0. The Hall–Kier alpha value is -1.97. The molecule has 0 radical (unpaired) electrons. The van der Waals surface area contributed by atoms with Crippen molar-refractivity contribution in [2.45, 2.75) is 12.8 Å². The Morgan fingerprint density at radius 1 is 1.27 bits per heavy atom. The summed E-state index contributed by atoms with van der Waals surface area (Å²) >= 11 is 0. The number of hydrogen-bond donors (Lipinski definition) is 1. The van der Waals surface area contributed by atoms with Crippen molar-refractivity contribution >= 4 is 16.7 Å². The molecule has 76 valence electrons. The van der Waals surface area contributed by atoms with Crippen LogP contribution in [0.1, 0.15) is 12.0 Å². The number of aromatic nitrogens is 2. The molecule has 1 N–H and O–H groups in total. The number of carboxylic acid groups (broad SMARTS) is 1. The van der Waals surface area contributed by atoms with Gasteiger partial charge in [-0.3, -0.25) is 4.79 Å². The third kappa shape index (κ3) is 2.10. The molecule has 0 bridgehead atoms. The van der Waals surface area contributed by atoms with Crippen LogP contribution in [-0.2, 0) is 11.2 Å². The third-order valence-corrected chi connectivity index (χ3v) is 2.29. The highest BCUT2D eigenvalue weighted by atomic mass is 16.4. The second-order valence-corrected chi connectivity index (χ2v) is 3.30. The summed E-state index contributed by atoms with van der Waals surface area (Å²) < 4.78 is 0. The van der Waals surface area contributed by atoms with Gasteiger partial charge in [-0.2, -0.15) is 10.2 Å². The fourth-order valence-electron chi connectivity index (χ4n) is 1.55. The van der Waals surface area contributed by atoms with E-state index < -0.39 is 5.97 Å². The maximum absolute atomic E-state index is 10.5. The smallest absolute Gasteiger partial charge is 0.303 e. The zero-order valence-electron chi connectivity index (χ0n) is 8.05. The zero-order valence-corrected chi connectivity index (χ0v) is 8.05. The molecule has 15 heavy (non-hydrogen) atoms. The van der Waals surface area contributed by atoms with Crippen molar-refractivity contribution in [3.8, 4) is 0 Å². The van der Waals surface area contributed by atoms with Crippen molar-refractivity contribution in [3.63, 3.8) is 0 Å². The van der Waals surface area contributed by atoms with Crippen molar-refractivity contribution < 1.29 is 9.90 Å². The molecule has 0 aliphatic carbocycles. The molecule has 0 aliphatic rings. The molecule has 4 nitrogen and oxygen atoms in total. The molecule has 4 heteroatoms. The summed E-state index contributed by atoms with van der Waals surface area (Å²) in [5.41, 5.74) is 1.00. The molecule has 0 atom stereocenters. The van der Waals surface area contributed by atoms with Gasteiger partial charge < -0.3 is 5.11 Å². The Kier molecular flexibility index (Phi) is 2.58. The lowest BCUT2D eigenvalue weighted by Crippen LogP contribution is -1.98. The minimum absolute atomic E-state index is 0.140. The Morgan fingerprint density at radius 3 is 2.87 bits per heavy atom. The van der Waals surface area contributed by atoms with Crippen LogP contribution in [0.4, 0.5) is 0 Å². The summed E-state index contributed by atoms with van der Waals surface area (Å²) in [6, 6.07) is 5.77. The maximum Gasteiger partial charge on any atom is 0.303 e. The first-order valence-electron chi connectivity index (χ1n) is 4.67. The van der Waals surface area contributed by atoms with Gasteiger partial charge in [0.15, 0.2) is 0 Å². The lowest BCUT2D eigenvalue weighted by Gasteiger charge is -2.03. The van der Waals surface area contributed by atoms with Crippen LogP contribution in [0.5, 0.6) is 0 Å². The Balaban J connectivity index is 2.38. The van der Waals surface area contributed by atoms with Gasteiger partial charge in [0.25, 0.3) is 0 Å². The fourth-order valence-corrected chi connectivity index (χ4v) is 1.55. The van der Waals surface area contributed by atoms with Crippen LogP contribution in [0.2, 0.25) is 0 Å². The number of hydrogen-bond acceptors (Lipinski definition) is 3. The second kappa shape index (κ2) is 4.04. The highest BCUT2D eigenvalue weighted by Crippen LogP contribution is 2.17. The van der Waals surface area contributed by atoms with Gasteiger partial charge >= 0.3 is 5.97 Å². The number of aliphatic carboxylic acids is 1. The summed E-state index contributed by atoms with van der Waals surface area (Å²) in [4.78, 5) is 10.5. The van der Waals surface area contributed by atoms with E-state index in [1.54, 1.807) is 12.4 Å². The number of aryl methyl sites for hydroxylation is 1. The quantitative estimate of drug-likeness (QED) is 0.821. The molecule has 0 unspecified atom stereocenters. The van der Waals surface area contributed by atoms with Crippen molar-refractivity contribution in [1.82, 2.24) is 10.2 Å². The Labute approximate surface area is 86.6 Å². The predicted octanol–water partition coefficient (Wildman–Crippen LogP) is 1.65. The molecule has 2 rings (SSSR count). The average Bonchev–Trinajstić information content (AvgIpc) is 2.26. The normalized spacial score (nSPS) is 10.4. The molecular weight excluding hydrogens is 192 g/mol. The molecular formula is C11H10N2O2. The summed E-state index contributed by atoms with van der Waals surface area (Å²) in [5.74, 6) is -0.783. The van der Waals surface area contributed by atoms with Gasteiger partial charge in [-0.25, -0.2) is 0 Å². The van der Waals surface area contributed by atoms with Gasteiger partial charge in [0.2, 0.25) is 0 Å². The van der Waals surface area contributed by atoms with Gasteiger partial charge in [0.05, 0.1) is 12.4 Å². The van der Waals surface area contributed by atoms with Crippen molar-refractivity contribution in [1.29, 1.82) is 0 Å². The number of fused-ring (bicyclic) bond motifs is 1. The first kappa shape index (κ1) is 9.58. The van der Waals surface area contributed by atoms with Crippen LogP contribution in [0.15, 0.2) is 30.6 Å². The number of nitrogens with zero attached hydrogens (tertiary/aromatic N) is 2. The first-order valence-corrected chi connectivity index (χ1v) is 4.67. The summed E-state index contributed by atoms with van der Waals surface area (Å²) in [6.07, 6.45) is 4.02. The van der Waals surface area contributed by atoms with Crippen molar-refractivity contribution in [2.24, 2.45) is 0 Å². The van der Waals surface area contributed by atoms with E-state index >= 15 is 0 Å². The highest BCUT2D eigenvalue weighted by Gasteiger charge is 2.03. The minimum atomic E-state index is -0.783. The average molecular weight is 202 g/mol. The molecule has 1 aromatic carbocycles. The Morgan fingerprint density at radius 2 is 2.07 bits per heavy atom. The summed E-state index contributed by atoms with van der Waals surface area (Å²) in [7, 11) is 0. The largest absolute Gasteiger partial charge is 0.481 e. The van der Waals surface area contributed by atoms with E-state index in [1.165, 1.54) is 0 Å². The van der Waals surface area contributed by atoms with Crippen LogP contribution >= 0.6 is 0 Å². The van der Waals surface area contributed by atoms with E-state index in [2.05, 4.69) is 10.2 Å². The zero-order chi connectivity index (χ0) is 10.7. The van der Waals surface area contributed by atoms with Crippen LogP contribution in [0.25, 0.3) is 10.8 Å². The Bertz CT molecular complexity index is 491. The lowest BCUT2D eigenvalue weighted by atomic mass is 10.0. The molecule has 0 aliphatic heterocycles. The third-order valence-electron chi connectivity index (χ3n) is 2.29. The monoisotopic (exact) mass is 202 g/mol. The van der Waals surface area contributed by atoms with E-state index in [1.807, 2.05) is 18.2 Å². The van der Waals surface area contributed by atoms with Crippen LogP contribution in [0, 0.1) is 0 Å². The van der Waals surface area contributed by atoms with Gasteiger partial charge in [-0.1, -0.05) is 18.2 Å². The molecule has 0 saturated heterocycles. The standard InChI is InChI=1S/C11H10N2O2/c14-11(15)5-4-8-2-1-3-9-6-12-13-7-10(8)9/h1-3,6-7H,4-5H2,(H,14,15). The highest BCUT2D eigenvalue weighted by molar-refractivity contribution is 5.84. The van der Waals surface area contributed by atoms with Crippen LogP contribution < -0.4 is 0 Å². The van der Waals surface area contributed by atoms with Crippen molar-refractivity contribution in [2.75, 3.05) is 0 Å². The minimum Gasteiger partial charge on any atom is -0.481 e. The van der Waals surface area contributed by atoms with Gasteiger partial charge in [-0.05, 0) is 12.0 Å². The first-order chi connectivity index (χ1) is 7.27. The van der Waals surface area contributed by atoms with E-state index in [4.69, 9.17) is 5.11 Å². The second-order valence-electron chi connectivity index (χ2n) is 3.30. The molecule has 0 saturated carbocycles. The molecule has 0 fully saturated rings. The van der Waals surface area contributed by atoms with Gasteiger partial charge in [0.1, 0.15) is 0 Å². The molecule has 0 amide bonds. The van der Waals surface area contributed by atoms with E-state index in [9.17, 15) is 4.79 Å². The van der Waals surface area contributed by atoms with E-state index in [0.29, 0.717) is 6.42 Å². The molecule has 1 heterocycles. The predicted molar refractivity (Wildman–Crippen MR) is 55.5 cm³/mol. The van der Waals surface area contributed by atoms with Gasteiger partial charge in [-0.15, -0.1) is 0 Å². The molecule has 0 spiro atoms. The molecule has 1 aromatic heterocycles. The topological polar surface area (TPSA) is 63.1 Å². The maximum atomic E-state index is 10.5.